The van der Waals surface area contributed by atoms with Gasteiger partial charge in [0.2, 0.25) is 5.78 Å². The molecule has 5 N–H and O–H groups in total. The molecule has 61 heavy (non-hydrogen) atoms. The lowest BCUT2D eigenvalue weighted by Gasteiger charge is -2.24. The number of aromatic hydroxyl groups is 5. The first-order valence-corrected chi connectivity index (χ1v) is 21.7. The van der Waals surface area contributed by atoms with Crippen LogP contribution in [-0.2, 0) is 14.3 Å². The Balaban J connectivity index is 1.34. The molecule has 0 amide bonds. The summed E-state index contributed by atoms with van der Waals surface area (Å²) in [6, 6.07) is 18.7. The first-order chi connectivity index (χ1) is 29.6. The van der Waals surface area contributed by atoms with Crippen molar-refractivity contribution in [2.24, 2.45) is 0 Å². The van der Waals surface area contributed by atoms with E-state index in [0.717, 1.165) is 32.1 Å². The Bertz CT molecular complexity index is 2260. The number of unbranched alkanes of at least 4 members (excludes halogenated alkanes) is 11. The molecule has 6 rings (SSSR count). The molecule has 4 aromatic rings. The van der Waals surface area contributed by atoms with Gasteiger partial charge in [-0.1, -0.05) is 107 Å². The number of ether oxygens (including phenoxy) is 2. The molecule has 9 heteroatoms. The Morgan fingerprint density at radius 3 is 1.87 bits per heavy atom. The fraction of sp³-hybridized carbons (Fsp3) is 0.346. The van der Waals surface area contributed by atoms with Crippen LogP contribution in [-0.4, -0.2) is 44.2 Å². The minimum absolute atomic E-state index is 0.0541. The second-order valence-corrected chi connectivity index (χ2v) is 16.0. The maximum absolute atomic E-state index is 14.3. The molecule has 4 aromatic carbocycles. The largest absolute Gasteiger partial charge is 0.508 e. The molecule has 0 fully saturated rings. The molecule has 2 aliphatic rings. The van der Waals surface area contributed by atoms with E-state index in [0.29, 0.717) is 40.0 Å². The third-order valence-electron chi connectivity index (χ3n) is 11.5. The van der Waals surface area contributed by atoms with Gasteiger partial charge < -0.3 is 35.0 Å². The number of phenols is 5. The summed E-state index contributed by atoms with van der Waals surface area (Å²) in [5.41, 5.74) is 3.26. The zero-order chi connectivity index (χ0) is 43.3. The van der Waals surface area contributed by atoms with Crippen LogP contribution in [0.5, 0.6) is 34.5 Å². The van der Waals surface area contributed by atoms with Gasteiger partial charge >= 0.3 is 0 Å². The number of phenolic OH excluding ortho intramolecular Hbond substituents is 5. The van der Waals surface area contributed by atoms with Gasteiger partial charge in [0.15, 0.2) is 11.5 Å². The molecule has 1 aliphatic carbocycles. The Kier molecular flexibility index (Phi) is 15.5. The summed E-state index contributed by atoms with van der Waals surface area (Å²) in [6.45, 7) is 2.23. The number of methoxy groups -OCH3 is 1. The van der Waals surface area contributed by atoms with Crippen molar-refractivity contribution in [1.82, 2.24) is 0 Å². The van der Waals surface area contributed by atoms with Crippen molar-refractivity contribution in [3.8, 4) is 34.5 Å². The number of allylic oxidation sites excluding steroid dienone is 5. The Labute approximate surface area is 359 Å². The van der Waals surface area contributed by atoms with Gasteiger partial charge in [-0.3, -0.25) is 9.59 Å². The molecule has 2 atom stereocenters. The van der Waals surface area contributed by atoms with E-state index >= 15 is 0 Å². The smallest absolute Gasteiger partial charge is 0.224 e. The lowest BCUT2D eigenvalue weighted by Crippen LogP contribution is -2.21. The second-order valence-electron chi connectivity index (χ2n) is 16.0. The van der Waals surface area contributed by atoms with E-state index in [4.69, 9.17) is 9.47 Å². The number of carbonyl (C=O) groups is 2. The number of fused-ring (bicyclic) bond motifs is 1. The van der Waals surface area contributed by atoms with Crippen LogP contribution in [0.15, 0.2) is 102 Å². The highest BCUT2D eigenvalue weighted by atomic mass is 16.5. The Hall–Kier alpha value is -6.22. The first kappa shape index (κ1) is 44.3. The van der Waals surface area contributed by atoms with Crippen molar-refractivity contribution < 1.29 is 44.6 Å². The zero-order valence-corrected chi connectivity index (χ0v) is 35.2. The summed E-state index contributed by atoms with van der Waals surface area (Å²) >= 11 is 0. The Morgan fingerprint density at radius 1 is 0.656 bits per heavy atom. The summed E-state index contributed by atoms with van der Waals surface area (Å²) < 4.78 is 12.0. The number of benzene rings is 4. The van der Waals surface area contributed by atoms with Crippen molar-refractivity contribution >= 4 is 29.3 Å². The van der Waals surface area contributed by atoms with Crippen molar-refractivity contribution in [1.29, 1.82) is 0 Å². The third-order valence-corrected chi connectivity index (χ3v) is 11.5. The standard InChI is InChI=1S/C52H58O9/c1-3-4-5-6-7-8-9-10-11-12-13-14-15-16-17-18-42-49(44(58)33-46(60-2)51(42)59)48-41(28-21-34-19-24-37(53)25-20-34)50-45(32-43(48)57)61-52(35-22-26-38(54)27-23-35)47(50)36-29-39(55)31-40(56)30-36/h8-9,19-33,47,52-57H,3-7,10-18H2,1-2H3/b9-8-,28-21+/t47-,52+/m0/s1. The topological polar surface area (TPSA) is 154 Å². The van der Waals surface area contributed by atoms with E-state index in [2.05, 4.69) is 19.1 Å². The van der Waals surface area contributed by atoms with Gasteiger partial charge in [0.05, 0.1) is 13.0 Å². The SMILES string of the molecule is CCCCCC/C=C\CCCCCCCCCC1=C(c2c(O)cc3c(c2/C=C/c2ccc(O)cc2)[C@H](c2cc(O)cc(O)c2)[C@@H](c2ccc(O)cc2)O3)C(=O)C=C(OC)C1=O. The van der Waals surface area contributed by atoms with E-state index in [1.165, 1.54) is 94.5 Å². The molecule has 9 nitrogen and oxygen atoms in total. The van der Waals surface area contributed by atoms with Crippen LogP contribution in [0, 0.1) is 0 Å². The summed E-state index contributed by atoms with van der Waals surface area (Å²) in [7, 11) is 1.36. The van der Waals surface area contributed by atoms with Gasteiger partial charge in [-0.15, -0.1) is 0 Å². The van der Waals surface area contributed by atoms with Gasteiger partial charge in [-0.2, -0.15) is 0 Å². The molecule has 0 aromatic heterocycles. The van der Waals surface area contributed by atoms with Gasteiger partial charge in [-0.05, 0) is 97.2 Å². The summed E-state index contributed by atoms with van der Waals surface area (Å²) in [6.07, 6.45) is 23.3. The predicted octanol–water partition coefficient (Wildman–Crippen LogP) is 12.1. The van der Waals surface area contributed by atoms with E-state index in [-0.39, 0.29) is 57.6 Å². The molecular weight excluding hydrogens is 769 g/mol. The van der Waals surface area contributed by atoms with Crippen LogP contribution in [0.4, 0.5) is 0 Å². The van der Waals surface area contributed by atoms with Crippen molar-refractivity contribution in [3.05, 3.63) is 136 Å². The Morgan fingerprint density at radius 2 is 1.25 bits per heavy atom. The molecule has 1 heterocycles. The molecule has 0 bridgehead atoms. The molecular formula is C52H58O9. The zero-order valence-electron chi connectivity index (χ0n) is 35.2. The second kappa shape index (κ2) is 21.3. The van der Waals surface area contributed by atoms with Crippen LogP contribution in [0.1, 0.15) is 142 Å². The molecule has 0 saturated carbocycles. The number of carbonyl (C=O) groups excluding carboxylic acids is 2. The van der Waals surface area contributed by atoms with Crippen LogP contribution in [0.2, 0.25) is 0 Å². The lowest BCUT2D eigenvalue weighted by molar-refractivity contribution is -0.117. The normalized spacial score (nSPS) is 16.4. The van der Waals surface area contributed by atoms with Gasteiger partial charge in [0.25, 0.3) is 0 Å². The van der Waals surface area contributed by atoms with Crippen LogP contribution >= 0.6 is 0 Å². The molecule has 0 unspecified atom stereocenters. The quantitative estimate of drug-likeness (QED) is 0.0239. The van der Waals surface area contributed by atoms with E-state index in [9.17, 15) is 35.1 Å². The highest BCUT2D eigenvalue weighted by Gasteiger charge is 2.42. The number of ketones is 2. The minimum atomic E-state index is -0.763. The van der Waals surface area contributed by atoms with E-state index in [1.807, 2.05) is 0 Å². The third kappa shape index (κ3) is 11.1. The predicted molar refractivity (Wildman–Crippen MR) is 240 cm³/mol. The highest BCUT2D eigenvalue weighted by molar-refractivity contribution is 6.37. The average Bonchev–Trinajstić information content (AvgIpc) is 3.62. The van der Waals surface area contributed by atoms with Crippen LogP contribution in [0.25, 0.3) is 17.7 Å². The van der Waals surface area contributed by atoms with Crippen LogP contribution in [0.3, 0.4) is 0 Å². The van der Waals surface area contributed by atoms with E-state index in [1.54, 1.807) is 48.6 Å². The van der Waals surface area contributed by atoms with Gasteiger partial charge in [0.1, 0.15) is 40.6 Å². The van der Waals surface area contributed by atoms with Crippen molar-refractivity contribution in [2.45, 2.75) is 109 Å². The minimum Gasteiger partial charge on any atom is -0.508 e. The highest BCUT2D eigenvalue weighted by Crippen LogP contribution is 2.56. The number of hydrogen-bond acceptors (Lipinski definition) is 9. The van der Waals surface area contributed by atoms with Gasteiger partial charge in [0, 0.05) is 40.5 Å². The fourth-order valence-corrected chi connectivity index (χ4v) is 8.42. The van der Waals surface area contributed by atoms with Crippen LogP contribution < -0.4 is 4.74 Å². The fourth-order valence-electron chi connectivity index (χ4n) is 8.42. The number of hydrogen-bond donors (Lipinski definition) is 5. The summed E-state index contributed by atoms with van der Waals surface area (Å²) in [4.78, 5) is 28.4. The maximum atomic E-state index is 14.3. The number of rotatable bonds is 21. The summed E-state index contributed by atoms with van der Waals surface area (Å²) in [5.74, 6) is -1.89. The molecule has 0 saturated heterocycles. The lowest BCUT2D eigenvalue weighted by atomic mass is 9.78. The first-order valence-electron chi connectivity index (χ1n) is 21.7. The molecule has 320 valence electrons. The molecule has 0 spiro atoms. The van der Waals surface area contributed by atoms with Gasteiger partial charge in [-0.25, -0.2) is 0 Å². The monoisotopic (exact) mass is 826 g/mol. The average molecular weight is 827 g/mol. The number of Topliss-reactive ketones (excluding diaryl/α,β-unsaturated/α-hetero) is 1. The van der Waals surface area contributed by atoms with E-state index < -0.39 is 23.6 Å². The maximum Gasteiger partial charge on any atom is 0.224 e. The summed E-state index contributed by atoms with van der Waals surface area (Å²) in [5, 5.41) is 53.5. The van der Waals surface area contributed by atoms with Crippen molar-refractivity contribution in [3.63, 3.8) is 0 Å². The molecule has 0 radical (unpaired) electrons. The van der Waals surface area contributed by atoms with Crippen molar-refractivity contribution in [2.75, 3.05) is 7.11 Å². The molecule has 1 aliphatic heterocycles.